The van der Waals surface area contributed by atoms with E-state index in [0.717, 1.165) is 10.3 Å². The van der Waals surface area contributed by atoms with Crippen LogP contribution in [0.4, 0.5) is 5.69 Å². The largest absolute Gasteiger partial charge is 0.398 e. The Kier molecular flexibility index (Phi) is 2.50. The summed E-state index contributed by atoms with van der Waals surface area (Å²) in [5.74, 6) is -0.703. The molecule has 2 aromatic rings. The third kappa shape index (κ3) is 1.52. The first-order chi connectivity index (χ1) is 9.15. The second kappa shape index (κ2) is 4.07. The number of hydrogen-bond acceptors (Lipinski definition) is 4. The van der Waals surface area contributed by atoms with Crippen LogP contribution < -0.4 is 5.73 Å². The summed E-state index contributed by atoms with van der Waals surface area (Å²) in [5, 5.41) is 1.36. The van der Waals surface area contributed by atoms with Crippen molar-refractivity contribution >= 4 is 28.3 Å². The molecule has 0 bridgehead atoms. The number of ether oxygens (including phenoxy) is 1. The van der Waals surface area contributed by atoms with Crippen molar-refractivity contribution in [3.05, 3.63) is 41.5 Å². The average Bonchev–Trinajstić information content (AvgIpc) is 2.42. The molecule has 5 nitrogen and oxygen atoms in total. The molecule has 0 aromatic heterocycles. The molecule has 0 atom stereocenters. The van der Waals surface area contributed by atoms with Crippen LogP contribution >= 0.6 is 0 Å². The minimum atomic E-state index is -0.351. The number of hydrogen-bond donors (Lipinski definition) is 1. The summed E-state index contributed by atoms with van der Waals surface area (Å²) in [7, 11) is 1.44. The summed E-state index contributed by atoms with van der Waals surface area (Å²) in [5.41, 5.74) is 7.42. The van der Waals surface area contributed by atoms with Gasteiger partial charge in [-0.05, 0) is 18.2 Å². The maximum atomic E-state index is 12.3. The SMILES string of the molecule is COCN1C(=O)c2cccc3c(N)ccc(c23)C1=O. The van der Waals surface area contributed by atoms with E-state index in [-0.39, 0.29) is 18.5 Å². The standard InChI is InChI=1S/C14H12N2O3/c1-19-7-16-13(17)9-4-2-3-8-11(15)6-5-10(12(8)9)14(16)18/h2-6H,7,15H2,1H3. The fraction of sp³-hybridized carbons (Fsp3) is 0.143. The Morgan fingerprint density at radius 2 is 1.79 bits per heavy atom. The van der Waals surface area contributed by atoms with E-state index in [9.17, 15) is 9.59 Å². The van der Waals surface area contributed by atoms with E-state index in [1.807, 2.05) is 6.07 Å². The summed E-state index contributed by atoms with van der Waals surface area (Å²) in [6.45, 7) is -0.0577. The molecule has 1 aliphatic heterocycles. The first-order valence-corrected chi connectivity index (χ1v) is 5.81. The summed E-state index contributed by atoms with van der Waals surface area (Å²) >= 11 is 0. The smallest absolute Gasteiger partial charge is 0.263 e. The summed E-state index contributed by atoms with van der Waals surface area (Å²) < 4.78 is 4.92. The van der Waals surface area contributed by atoms with Crippen molar-refractivity contribution in [2.24, 2.45) is 0 Å². The molecule has 0 aliphatic carbocycles. The lowest BCUT2D eigenvalue weighted by atomic mass is 9.93. The van der Waals surface area contributed by atoms with Gasteiger partial charge in [0.1, 0.15) is 6.73 Å². The molecular weight excluding hydrogens is 244 g/mol. The molecule has 0 fully saturated rings. The quantitative estimate of drug-likeness (QED) is 0.654. The van der Waals surface area contributed by atoms with E-state index in [2.05, 4.69) is 0 Å². The molecule has 0 unspecified atom stereocenters. The minimum absolute atomic E-state index is 0.0577. The number of carbonyl (C=O) groups excluding carboxylic acids is 2. The Labute approximate surface area is 109 Å². The van der Waals surface area contributed by atoms with E-state index in [0.29, 0.717) is 22.2 Å². The monoisotopic (exact) mass is 256 g/mol. The molecule has 0 saturated heterocycles. The van der Waals surface area contributed by atoms with Gasteiger partial charge in [-0.3, -0.25) is 14.5 Å². The van der Waals surface area contributed by atoms with Gasteiger partial charge in [0.25, 0.3) is 11.8 Å². The molecule has 0 radical (unpaired) electrons. The Morgan fingerprint density at radius 3 is 2.47 bits per heavy atom. The van der Waals surface area contributed by atoms with Crippen LogP contribution in [0.5, 0.6) is 0 Å². The molecule has 0 spiro atoms. The highest BCUT2D eigenvalue weighted by Gasteiger charge is 2.32. The molecule has 0 saturated carbocycles. The number of nitrogens with zero attached hydrogens (tertiary/aromatic N) is 1. The van der Waals surface area contributed by atoms with Crippen LogP contribution in [0.15, 0.2) is 30.3 Å². The van der Waals surface area contributed by atoms with Gasteiger partial charge in [0, 0.05) is 34.7 Å². The summed E-state index contributed by atoms with van der Waals surface area (Å²) in [6.07, 6.45) is 0. The number of nitrogens with two attached hydrogens (primary N) is 1. The van der Waals surface area contributed by atoms with Gasteiger partial charge >= 0.3 is 0 Å². The lowest BCUT2D eigenvalue weighted by Crippen LogP contribution is -2.41. The predicted molar refractivity (Wildman–Crippen MR) is 70.7 cm³/mol. The molecule has 1 aliphatic rings. The first kappa shape index (κ1) is 11.7. The van der Waals surface area contributed by atoms with Crippen molar-refractivity contribution in [1.82, 2.24) is 4.90 Å². The lowest BCUT2D eigenvalue weighted by Gasteiger charge is -2.26. The fourth-order valence-electron chi connectivity index (χ4n) is 2.42. The van der Waals surface area contributed by atoms with Crippen LogP contribution in [-0.2, 0) is 4.74 Å². The van der Waals surface area contributed by atoms with E-state index in [1.54, 1.807) is 24.3 Å². The predicted octanol–water partition coefficient (Wildman–Crippen LogP) is 1.62. The number of carbonyl (C=O) groups is 2. The third-order valence-corrected chi connectivity index (χ3v) is 3.28. The molecule has 19 heavy (non-hydrogen) atoms. The highest BCUT2D eigenvalue weighted by molar-refractivity contribution is 6.26. The van der Waals surface area contributed by atoms with Crippen molar-refractivity contribution in [3.8, 4) is 0 Å². The number of anilines is 1. The van der Waals surface area contributed by atoms with Crippen molar-refractivity contribution < 1.29 is 14.3 Å². The van der Waals surface area contributed by atoms with Crippen LogP contribution in [0.2, 0.25) is 0 Å². The number of amides is 2. The van der Waals surface area contributed by atoms with Crippen LogP contribution in [-0.4, -0.2) is 30.6 Å². The average molecular weight is 256 g/mol. The van der Waals surface area contributed by atoms with Crippen LogP contribution in [0, 0.1) is 0 Å². The van der Waals surface area contributed by atoms with Gasteiger partial charge in [0.15, 0.2) is 0 Å². The van der Waals surface area contributed by atoms with Gasteiger partial charge in [0.05, 0.1) is 0 Å². The molecular formula is C14H12N2O3. The van der Waals surface area contributed by atoms with Crippen LogP contribution in [0.3, 0.4) is 0 Å². The van der Waals surface area contributed by atoms with Crippen LogP contribution in [0.1, 0.15) is 20.7 Å². The first-order valence-electron chi connectivity index (χ1n) is 5.81. The Hall–Kier alpha value is -2.40. The number of imide groups is 1. The highest BCUT2D eigenvalue weighted by Crippen LogP contribution is 2.32. The lowest BCUT2D eigenvalue weighted by molar-refractivity contribution is 0.0346. The number of methoxy groups -OCH3 is 1. The van der Waals surface area contributed by atoms with E-state index < -0.39 is 0 Å². The van der Waals surface area contributed by atoms with E-state index >= 15 is 0 Å². The van der Waals surface area contributed by atoms with Crippen molar-refractivity contribution in [1.29, 1.82) is 0 Å². The number of benzene rings is 2. The van der Waals surface area contributed by atoms with E-state index in [4.69, 9.17) is 10.5 Å². The van der Waals surface area contributed by atoms with Crippen molar-refractivity contribution in [3.63, 3.8) is 0 Å². The maximum Gasteiger partial charge on any atom is 0.263 e. The van der Waals surface area contributed by atoms with Gasteiger partial charge in [-0.1, -0.05) is 12.1 Å². The van der Waals surface area contributed by atoms with Crippen LogP contribution in [0.25, 0.3) is 10.8 Å². The summed E-state index contributed by atoms with van der Waals surface area (Å²) in [6, 6.07) is 8.60. The maximum absolute atomic E-state index is 12.3. The van der Waals surface area contributed by atoms with Gasteiger partial charge in [-0.15, -0.1) is 0 Å². The normalized spacial score (nSPS) is 14.3. The van der Waals surface area contributed by atoms with Gasteiger partial charge in [-0.2, -0.15) is 0 Å². The fourth-order valence-corrected chi connectivity index (χ4v) is 2.42. The summed E-state index contributed by atoms with van der Waals surface area (Å²) in [4.78, 5) is 25.7. The van der Waals surface area contributed by atoms with Gasteiger partial charge < -0.3 is 10.5 Å². The number of nitrogen functional groups attached to an aromatic ring is 1. The zero-order valence-electron chi connectivity index (χ0n) is 10.3. The molecule has 96 valence electrons. The highest BCUT2D eigenvalue weighted by atomic mass is 16.5. The number of rotatable bonds is 2. The molecule has 2 N–H and O–H groups in total. The van der Waals surface area contributed by atoms with Crippen molar-refractivity contribution in [2.45, 2.75) is 0 Å². The zero-order chi connectivity index (χ0) is 13.6. The van der Waals surface area contributed by atoms with Gasteiger partial charge in [0.2, 0.25) is 0 Å². The van der Waals surface area contributed by atoms with Gasteiger partial charge in [-0.25, -0.2) is 0 Å². The second-order valence-electron chi connectivity index (χ2n) is 4.39. The molecule has 5 heteroatoms. The third-order valence-electron chi connectivity index (χ3n) is 3.28. The zero-order valence-corrected chi connectivity index (χ0v) is 10.3. The van der Waals surface area contributed by atoms with Crippen molar-refractivity contribution in [2.75, 3.05) is 19.6 Å². The Bertz CT molecular complexity index is 687. The Balaban J connectivity index is 2.35. The minimum Gasteiger partial charge on any atom is -0.398 e. The topological polar surface area (TPSA) is 72.6 Å². The molecule has 3 rings (SSSR count). The second-order valence-corrected chi connectivity index (χ2v) is 4.39. The molecule has 2 amide bonds. The Morgan fingerprint density at radius 1 is 1.11 bits per heavy atom. The van der Waals surface area contributed by atoms with E-state index in [1.165, 1.54) is 7.11 Å². The molecule has 2 aromatic carbocycles. The molecule has 1 heterocycles.